The molecule has 4 atom stereocenters. The van der Waals surface area contributed by atoms with Crippen molar-refractivity contribution in [1.29, 1.82) is 0 Å². The Kier molecular flexibility index (Phi) is 9.04. The second-order valence-corrected chi connectivity index (χ2v) is 11.3. The van der Waals surface area contributed by atoms with Crippen molar-refractivity contribution in [3.05, 3.63) is 46.6 Å². The third-order valence-corrected chi connectivity index (χ3v) is 8.01. The first-order valence-electron chi connectivity index (χ1n) is 13.2. The van der Waals surface area contributed by atoms with Crippen LogP contribution in [0, 0.1) is 0 Å². The molecule has 0 spiro atoms. The molecule has 4 rings (SSSR count). The third-order valence-electron chi connectivity index (χ3n) is 8.01. The minimum absolute atomic E-state index is 0.191. The molecule has 0 aromatic rings. The molecule has 2 heteroatoms. The topological polar surface area (TPSA) is 25.1 Å². The van der Waals surface area contributed by atoms with Gasteiger partial charge < -0.3 is 9.47 Å². The first kappa shape index (κ1) is 25.5. The Morgan fingerprint density at radius 1 is 0.562 bits per heavy atom. The van der Waals surface area contributed by atoms with Crippen LogP contribution in [0.3, 0.4) is 0 Å². The monoisotopic (exact) mass is 440 g/mol. The molecule has 0 amide bonds. The zero-order chi connectivity index (χ0) is 23.2. The molecule has 0 bridgehead atoms. The molecule has 4 aliphatic rings. The van der Waals surface area contributed by atoms with Crippen LogP contribution < -0.4 is 0 Å². The number of epoxide rings is 2. The van der Waals surface area contributed by atoms with E-state index in [1.165, 1.54) is 99.3 Å². The van der Waals surface area contributed by atoms with E-state index in [-0.39, 0.29) is 11.2 Å². The number of rotatable bonds is 0. The summed E-state index contributed by atoms with van der Waals surface area (Å²) in [6.07, 6.45) is 25.1. The highest BCUT2D eigenvalue weighted by molar-refractivity contribution is 5.10. The van der Waals surface area contributed by atoms with Gasteiger partial charge in [-0.15, -0.1) is 0 Å². The quantitative estimate of drug-likeness (QED) is 0.278. The minimum Gasteiger partial charge on any atom is -0.366 e. The van der Waals surface area contributed by atoms with Gasteiger partial charge in [0, 0.05) is 0 Å². The van der Waals surface area contributed by atoms with Gasteiger partial charge in [-0.3, -0.25) is 0 Å². The number of ether oxygens (including phenoxy) is 2. The van der Waals surface area contributed by atoms with Crippen molar-refractivity contribution in [2.24, 2.45) is 0 Å². The number of hydrogen-bond acceptors (Lipinski definition) is 2. The number of fused-ring (bicyclic) bond motifs is 2. The highest BCUT2D eigenvalue weighted by atomic mass is 16.6. The highest BCUT2D eigenvalue weighted by Gasteiger charge is 2.51. The van der Waals surface area contributed by atoms with E-state index in [4.69, 9.17) is 9.47 Å². The summed E-state index contributed by atoms with van der Waals surface area (Å²) in [6.45, 7) is 13.6. The lowest BCUT2D eigenvalue weighted by molar-refractivity contribution is 0.294. The Bertz CT molecular complexity index is 755. The molecule has 2 nitrogen and oxygen atoms in total. The summed E-state index contributed by atoms with van der Waals surface area (Å²) in [5.74, 6) is 0. The lowest BCUT2D eigenvalue weighted by atomic mass is 9.94. The Hall–Kier alpha value is -1.12. The molecule has 0 aromatic carbocycles. The molecule has 180 valence electrons. The molecule has 2 aliphatic carbocycles. The van der Waals surface area contributed by atoms with Crippen LogP contribution >= 0.6 is 0 Å². The van der Waals surface area contributed by atoms with Crippen LogP contribution in [0.5, 0.6) is 0 Å². The molecule has 4 unspecified atom stereocenters. The van der Waals surface area contributed by atoms with Crippen molar-refractivity contribution in [3.63, 3.8) is 0 Å². The molecule has 32 heavy (non-hydrogen) atoms. The van der Waals surface area contributed by atoms with E-state index in [2.05, 4.69) is 65.8 Å². The summed E-state index contributed by atoms with van der Waals surface area (Å²) >= 11 is 0. The smallest absolute Gasteiger partial charge is 0.0923 e. The van der Waals surface area contributed by atoms with E-state index >= 15 is 0 Å². The average Bonchev–Trinajstić information content (AvgIpc) is 3.59. The van der Waals surface area contributed by atoms with E-state index in [0.29, 0.717) is 12.2 Å². The molecule has 0 radical (unpaired) electrons. The van der Waals surface area contributed by atoms with E-state index in [1.807, 2.05) is 0 Å². The highest BCUT2D eigenvalue weighted by Crippen LogP contribution is 2.44. The fourth-order valence-electron chi connectivity index (χ4n) is 5.11. The van der Waals surface area contributed by atoms with Gasteiger partial charge in [0.1, 0.15) is 0 Å². The third kappa shape index (κ3) is 8.03. The van der Waals surface area contributed by atoms with Crippen LogP contribution in [-0.2, 0) is 9.47 Å². The summed E-state index contributed by atoms with van der Waals surface area (Å²) < 4.78 is 11.7. The van der Waals surface area contributed by atoms with E-state index < -0.39 is 0 Å². The number of allylic oxidation sites excluding steroid dienone is 8. The Morgan fingerprint density at radius 2 is 1.00 bits per heavy atom. The van der Waals surface area contributed by atoms with Crippen LogP contribution in [0.4, 0.5) is 0 Å². The summed E-state index contributed by atoms with van der Waals surface area (Å²) in [5.41, 5.74) is 6.52. The van der Waals surface area contributed by atoms with Gasteiger partial charge >= 0.3 is 0 Å². The molecule has 0 saturated carbocycles. The van der Waals surface area contributed by atoms with E-state index in [0.717, 1.165) is 0 Å². The molecular formula is C30H48O2. The molecule has 2 aliphatic heterocycles. The largest absolute Gasteiger partial charge is 0.366 e. The molecule has 2 heterocycles. The SMILES string of the molecule is C/C1=C/CC/C(C)=C/CCC2OC2(C)CC1.C/C1=C/CCC2(C)OC2CC/C=C(\C)CC1. The van der Waals surface area contributed by atoms with Crippen molar-refractivity contribution < 1.29 is 9.47 Å². The molecule has 0 aromatic heterocycles. The van der Waals surface area contributed by atoms with E-state index in [9.17, 15) is 0 Å². The number of hydrogen-bond donors (Lipinski definition) is 0. The first-order chi connectivity index (χ1) is 15.2. The average molecular weight is 441 g/mol. The van der Waals surface area contributed by atoms with Crippen LogP contribution in [0.15, 0.2) is 46.6 Å². The van der Waals surface area contributed by atoms with Gasteiger partial charge in [-0.25, -0.2) is 0 Å². The summed E-state index contributed by atoms with van der Waals surface area (Å²) in [5, 5.41) is 0. The minimum atomic E-state index is 0.191. The summed E-state index contributed by atoms with van der Waals surface area (Å²) in [6, 6.07) is 0. The Labute approximate surface area is 198 Å². The van der Waals surface area contributed by atoms with Gasteiger partial charge in [-0.05, 0) is 119 Å². The Morgan fingerprint density at radius 3 is 1.59 bits per heavy atom. The van der Waals surface area contributed by atoms with E-state index in [1.54, 1.807) is 0 Å². The molecule has 2 saturated heterocycles. The normalized spacial score (nSPS) is 42.8. The van der Waals surface area contributed by atoms with Crippen LogP contribution in [0.25, 0.3) is 0 Å². The lowest BCUT2D eigenvalue weighted by Gasteiger charge is -2.08. The Balaban J connectivity index is 0.000000181. The summed E-state index contributed by atoms with van der Waals surface area (Å²) in [4.78, 5) is 0. The van der Waals surface area contributed by atoms with Crippen LogP contribution in [-0.4, -0.2) is 23.4 Å². The van der Waals surface area contributed by atoms with Crippen molar-refractivity contribution in [3.8, 4) is 0 Å². The van der Waals surface area contributed by atoms with Gasteiger partial charge in [-0.2, -0.15) is 0 Å². The van der Waals surface area contributed by atoms with Gasteiger partial charge in [-0.1, -0.05) is 46.6 Å². The first-order valence-corrected chi connectivity index (χ1v) is 13.2. The maximum atomic E-state index is 5.85. The maximum absolute atomic E-state index is 5.85. The standard InChI is InChI=1S/2C15H24O/c1-12-6-4-8-14-15(3,16-14)11-5-7-13(2)10-9-12;1-12-6-4-7-13(2)10-11-15(3)14(16-15)9-5-8-12/h6-7,14H,4-5,8-11H2,1-3H3;7-8,14H,4-6,9-11H2,1-3H3/b12-6+,13-7-;12-8+,13-7-. The van der Waals surface area contributed by atoms with Crippen LogP contribution in [0.2, 0.25) is 0 Å². The van der Waals surface area contributed by atoms with Crippen LogP contribution in [0.1, 0.15) is 119 Å². The predicted octanol–water partition coefficient (Wildman–Crippen LogP) is 8.78. The molecule has 2 fully saturated rings. The van der Waals surface area contributed by atoms with Crippen molar-refractivity contribution in [1.82, 2.24) is 0 Å². The molecule has 0 N–H and O–H groups in total. The van der Waals surface area contributed by atoms with Crippen molar-refractivity contribution in [2.75, 3.05) is 0 Å². The molecular weight excluding hydrogens is 392 g/mol. The van der Waals surface area contributed by atoms with Gasteiger partial charge in [0.25, 0.3) is 0 Å². The predicted molar refractivity (Wildman–Crippen MR) is 137 cm³/mol. The van der Waals surface area contributed by atoms with Gasteiger partial charge in [0.2, 0.25) is 0 Å². The fourth-order valence-corrected chi connectivity index (χ4v) is 5.11. The zero-order valence-corrected chi connectivity index (χ0v) is 21.8. The fraction of sp³-hybridized carbons (Fsp3) is 0.733. The summed E-state index contributed by atoms with van der Waals surface area (Å²) in [7, 11) is 0. The second-order valence-electron chi connectivity index (χ2n) is 11.3. The van der Waals surface area contributed by atoms with Gasteiger partial charge in [0.05, 0.1) is 23.4 Å². The van der Waals surface area contributed by atoms with Crippen molar-refractivity contribution >= 4 is 0 Å². The van der Waals surface area contributed by atoms with Crippen molar-refractivity contribution in [2.45, 2.75) is 142 Å². The second kappa shape index (κ2) is 11.3. The zero-order valence-electron chi connectivity index (χ0n) is 21.8. The lowest BCUT2D eigenvalue weighted by Crippen LogP contribution is -2.10. The maximum Gasteiger partial charge on any atom is 0.0923 e. The van der Waals surface area contributed by atoms with Gasteiger partial charge in [0.15, 0.2) is 0 Å².